The zero-order valence-electron chi connectivity index (χ0n) is 18.7. The number of methoxy groups -OCH3 is 1. The van der Waals surface area contributed by atoms with E-state index in [4.69, 9.17) is 4.74 Å². The average Bonchev–Trinajstić information content (AvgIpc) is 2.75. The van der Waals surface area contributed by atoms with Gasteiger partial charge < -0.3 is 10.1 Å². The fourth-order valence-electron chi connectivity index (χ4n) is 4.22. The number of sulfonamides is 1. The van der Waals surface area contributed by atoms with E-state index in [0.29, 0.717) is 17.9 Å². The monoisotopic (exact) mass is 444 g/mol. The molecule has 0 radical (unpaired) electrons. The Hall–Kier alpha value is -2.54. The van der Waals surface area contributed by atoms with E-state index in [1.54, 1.807) is 24.3 Å². The number of anilines is 1. The molecule has 2 unspecified atom stereocenters. The van der Waals surface area contributed by atoms with Crippen molar-refractivity contribution in [2.75, 3.05) is 17.7 Å². The standard InChI is InChI=1S/C24H32N2O4S/c1-5-23(26(31(4,28)29)21-11-8-12-22(16-21)30-3)24(27)25-17(2)19-14-13-18-9-6-7-10-20(18)15-19/h8,11-17,23H,5-7,9-10H2,1-4H3,(H,25,27). The smallest absolute Gasteiger partial charge is 0.244 e. The van der Waals surface area contributed by atoms with Crippen molar-refractivity contribution in [3.8, 4) is 5.75 Å². The van der Waals surface area contributed by atoms with E-state index >= 15 is 0 Å². The van der Waals surface area contributed by atoms with Crippen LogP contribution < -0.4 is 14.4 Å². The fourth-order valence-corrected chi connectivity index (χ4v) is 5.43. The molecule has 1 N–H and O–H groups in total. The number of amides is 1. The Bertz CT molecular complexity index is 1040. The predicted octanol–water partition coefficient (Wildman–Crippen LogP) is 4.00. The summed E-state index contributed by atoms with van der Waals surface area (Å²) >= 11 is 0. The minimum Gasteiger partial charge on any atom is -0.497 e. The molecule has 0 spiro atoms. The molecule has 3 rings (SSSR count). The van der Waals surface area contributed by atoms with Gasteiger partial charge in [-0.15, -0.1) is 0 Å². The number of carbonyl (C=O) groups excluding carboxylic acids is 1. The van der Waals surface area contributed by atoms with E-state index in [1.807, 2.05) is 13.8 Å². The van der Waals surface area contributed by atoms with E-state index in [2.05, 4.69) is 23.5 Å². The van der Waals surface area contributed by atoms with Gasteiger partial charge in [-0.1, -0.05) is 31.2 Å². The number of nitrogens with one attached hydrogen (secondary N) is 1. The lowest BCUT2D eigenvalue weighted by atomic mass is 9.89. The lowest BCUT2D eigenvalue weighted by Gasteiger charge is -2.31. The van der Waals surface area contributed by atoms with Crippen LogP contribution in [-0.4, -0.2) is 33.7 Å². The van der Waals surface area contributed by atoms with Crippen LogP contribution in [0.3, 0.4) is 0 Å². The highest BCUT2D eigenvalue weighted by atomic mass is 32.2. The molecule has 0 saturated carbocycles. The average molecular weight is 445 g/mol. The van der Waals surface area contributed by atoms with Crippen LogP contribution in [0, 0.1) is 0 Å². The van der Waals surface area contributed by atoms with Crippen molar-refractivity contribution in [2.24, 2.45) is 0 Å². The van der Waals surface area contributed by atoms with E-state index < -0.39 is 16.1 Å². The molecule has 6 nitrogen and oxygen atoms in total. The Kier molecular flexibility index (Phi) is 7.26. The van der Waals surface area contributed by atoms with Crippen LogP contribution in [0.1, 0.15) is 55.8 Å². The first-order chi connectivity index (χ1) is 14.7. The molecule has 0 saturated heterocycles. The minimum atomic E-state index is -3.69. The second-order valence-corrected chi connectivity index (χ2v) is 10.0. The van der Waals surface area contributed by atoms with Gasteiger partial charge in [0.25, 0.3) is 0 Å². The summed E-state index contributed by atoms with van der Waals surface area (Å²) < 4.78 is 31.7. The van der Waals surface area contributed by atoms with Crippen molar-refractivity contribution in [1.29, 1.82) is 0 Å². The highest BCUT2D eigenvalue weighted by Gasteiger charge is 2.32. The highest BCUT2D eigenvalue weighted by molar-refractivity contribution is 7.92. The molecule has 0 aliphatic heterocycles. The summed E-state index contributed by atoms with van der Waals surface area (Å²) in [5.74, 6) is 0.213. The van der Waals surface area contributed by atoms with Gasteiger partial charge in [0, 0.05) is 6.07 Å². The topological polar surface area (TPSA) is 75.7 Å². The zero-order valence-corrected chi connectivity index (χ0v) is 19.5. The number of rotatable bonds is 8. The first kappa shape index (κ1) is 23.1. The van der Waals surface area contributed by atoms with E-state index in [-0.39, 0.29) is 11.9 Å². The number of nitrogens with zero attached hydrogens (tertiary/aromatic N) is 1. The summed E-state index contributed by atoms with van der Waals surface area (Å²) in [5.41, 5.74) is 4.19. The lowest BCUT2D eigenvalue weighted by molar-refractivity contribution is -0.122. The number of fused-ring (bicyclic) bond motifs is 1. The van der Waals surface area contributed by atoms with Crippen LogP contribution in [-0.2, 0) is 27.7 Å². The summed E-state index contributed by atoms with van der Waals surface area (Å²) in [6, 6.07) is 12.1. The maximum Gasteiger partial charge on any atom is 0.244 e. The van der Waals surface area contributed by atoms with E-state index in [9.17, 15) is 13.2 Å². The van der Waals surface area contributed by atoms with Crippen molar-refractivity contribution in [3.05, 3.63) is 59.2 Å². The van der Waals surface area contributed by atoms with Crippen molar-refractivity contribution in [2.45, 2.75) is 58.0 Å². The summed E-state index contributed by atoms with van der Waals surface area (Å²) in [6.07, 6.45) is 6.06. The van der Waals surface area contributed by atoms with Gasteiger partial charge in [0.15, 0.2) is 0 Å². The predicted molar refractivity (Wildman–Crippen MR) is 124 cm³/mol. The summed E-state index contributed by atoms with van der Waals surface area (Å²) in [6.45, 7) is 3.75. The van der Waals surface area contributed by atoms with E-state index in [0.717, 1.165) is 24.7 Å². The molecule has 0 aromatic heterocycles. The number of benzene rings is 2. The van der Waals surface area contributed by atoms with Gasteiger partial charge in [-0.05, 0) is 67.9 Å². The second kappa shape index (κ2) is 9.73. The number of ether oxygens (including phenoxy) is 1. The molecule has 7 heteroatoms. The Morgan fingerprint density at radius 1 is 1.13 bits per heavy atom. The van der Waals surface area contributed by atoms with Gasteiger partial charge in [0.05, 0.1) is 25.1 Å². The summed E-state index contributed by atoms with van der Waals surface area (Å²) in [7, 11) is -2.17. The Balaban J connectivity index is 1.84. The third-order valence-electron chi connectivity index (χ3n) is 5.87. The molecule has 1 amide bonds. The third kappa shape index (κ3) is 5.39. The van der Waals surface area contributed by atoms with Gasteiger partial charge in [-0.3, -0.25) is 9.10 Å². The SMILES string of the molecule is CCC(C(=O)NC(C)c1ccc2c(c1)CCCC2)N(c1cccc(OC)c1)S(C)(=O)=O. The summed E-state index contributed by atoms with van der Waals surface area (Å²) in [4.78, 5) is 13.2. The van der Waals surface area contributed by atoms with Gasteiger partial charge in [0.1, 0.15) is 11.8 Å². The fraction of sp³-hybridized carbons (Fsp3) is 0.458. The van der Waals surface area contributed by atoms with Crippen molar-refractivity contribution >= 4 is 21.6 Å². The molecule has 0 fully saturated rings. The summed E-state index contributed by atoms with van der Waals surface area (Å²) in [5, 5.41) is 3.03. The van der Waals surface area contributed by atoms with Crippen LogP contribution in [0.25, 0.3) is 0 Å². The van der Waals surface area contributed by atoms with Crippen LogP contribution >= 0.6 is 0 Å². The van der Waals surface area contributed by atoms with Crippen molar-refractivity contribution in [1.82, 2.24) is 5.32 Å². The van der Waals surface area contributed by atoms with Crippen molar-refractivity contribution in [3.63, 3.8) is 0 Å². The molecule has 168 valence electrons. The third-order valence-corrected chi connectivity index (χ3v) is 7.05. The largest absolute Gasteiger partial charge is 0.497 e. The zero-order chi connectivity index (χ0) is 22.6. The van der Waals surface area contributed by atoms with Crippen molar-refractivity contribution < 1.29 is 17.9 Å². The number of aryl methyl sites for hydroxylation is 2. The molecule has 31 heavy (non-hydrogen) atoms. The molecule has 1 aliphatic carbocycles. The van der Waals surface area contributed by atoms with Gasteiger partial charge in [0.2, 0.25) is 15.9 Å². The number of hydrogen-bond acceptors (Lipinski definition) is 4. The first-order valence-corrected chi connectivity index (χ1v) is 12.6. The highest BCUT2D eigenvalue weighted by Crippen LogP contribution is 2.28. The maximum absolute atomic E-state index is 13.2. The van der Waals surface area contributed by atoms with Gasteiger partial charge in [-0.25, -0.2) is 8.42 Å². The number of hydrogen-bond donors (Lipinski definition) is 1. The Morgan fingerprint density at radius 2 is 1.84 bits per heavy atom. The number of carbonyl (C=O) groups is 1. The quantitative estimate of drug-likeness (QED) is 0.668. The maximum atomic E-state index is 13.2. The molecule has 2 aromatic rings. The Morgan fingerprint density at radius 3 is 2.48 bits per heavy atom. The minimum absolute atomic E-state index is 0.222. The van der Waals surface area contributed by atoms with Crippen LogP contribution in [0.5, 0.6) is 5.75 Å². The molecule has 0 bridgehead atoms. The van der Waals surface area contributed by atoms with Gasteiger partial charge >= 0.3 is 0 Å². The molecule has 2 atom stereocenters. The van der Waals surface area contributed by atoms with Crippen LogP contribution in [0.2, 0.25) is 0 Å². The van der Waals surface area contributed by atoms with Crippen LogP contribution in [0.4, 0.5) is 5.69 Å². The Labute approximate surface area is 185 Å². The molecular formula is C24H32N2O4S. The van der Waals surface area contributed by atoms with E-state index in [1.165, 1.54) is 35.4 Å². The van der Waals surface area contributed by atoms with Gasteiger partial charge in [-0.2, -0.15) is 0 Å². The first-order valence-electron chi connectivity index (χ1n) is 10.8. The molecular weight excluding hydrogens is 412 g/mol. The molecule has 0 heterocycles. The molecule has 1 aliphatic rings. The molecule has 2 aromatic carbocycles. The van der Waals surface area contributed by atoms with Crippen LogP contribution in [0.15, 0.2) is 42.5 Å². The normalized spacial score (nSPS) is 15.5. The second-order valence-electron chi connectivity index (χ2n) is 8.15. The lowest BCUT2D eigenvalue weighted by Crippen LogP contribution is -2.49.